The molecule has 0 atom stereocenters. The van der Waals surface area contributed by atoms with Crippen molar-refractivity contribution in [2.24, 2.45) is 0 Å². The number of ether oxygens (including phenoxy) is 2. The average molecular weight is 391 g/mol. The molecular weight excluding hydrogens is 368 g/mol. The van der Waals surface area contributed by atoms with Crippen molar-refractivity contribution in [3.63, 3.8) is 0 Å². The molecule has 0 aliphatic rings. The van der Waals surface area contributed by atoms with Crippen LogP contribution in [0, 0.1) is 0 Å². The molecule has 0 bridgehead atoms. The van der Waals surface area contributed by atoms with Gasteiger partial charge in [0.05, 0.1) is 14.2 Å². The summed E-state index contributed by atoms with van der Waals surface area (Å²) in [7, 11) is 3.05. The van der Waals surface area contributed by atoms with Crippen LogP contribution in [-0.4, -0.2) is 39.1 Å². The first-order valence-electron chi connectivity index (χ1n) is 8.54. The molecule has 144 valence electrons. The van der Waals surface area contributed by atoms with Crippen LogP contribution in [0.15, 0.2) is 42.5 Å². The molecule has 6 nitrogen and oxygen atoms in total. The number of aryl methyl sites for hydroxylation is 1. The van der Waals surface area contributed by atoms with Gasteiger partial charge in [-0.1, -0.05) is 23.7 Å². The lowest BCUT2D eigenvalue weighted by atomic mass is 10.1. The SMILES string of the molecule is COc1cc(OC)cc(C(=O)NCCNC(=O)CCc2ccc(Cl)cc2)c1. The summed E-state index contributed by atoms with van der Waals surface area (Å²) >= 11 is 5.83. The first kappa shape index (κ1) is 20.6. The second-order valence-electron chi connectivity index (χ2n) is 5.83. The van der Waals surface area contributed by atoms with E-state index in [-0.39, 0.29) is 11.8 Å². The molecule has 0 heterocycles. The molecule has 0 saturated carbocycles. The second-order valence-corrected chi connectivity index (χ2v) is 6.27. The van der Waals surface area contributed by atoms with Gasteiger partial charge >= 0.3 is 0 Å². The van der Waals surface area contributed by atoms with Gasteiger partial charge in [-0.25, -0.2) is 0 Å². The normalized spacial score (nSPS) is 10.2. The molecule has 0 unspecified atom stereocenters. The molecule has 0 saturated heterocycles. The third-order valence-electron chi connectivity index (χ3n) is 3.90. The van der Waals surface area contributed by atoms with Gasteiger partial charge in [-0.3, -0.25) is 9.59 Å². The highest BCUT2D eigenvalue weighted by atomic mass is 35.5. The molecule has 2 aromatic rings. The van der Waals surface area contributed by atoms with E-state index in [1.54, 1.807) is 30.3 Å². The lowest BCUT2D eigenvalue weighted by Gasteiger charge is -2.10. The number of halogens is 1. The van der Waals surface area contributed by atoms with Gasteiger partial charge < -0.3 is 20.1 Å². The fourth-order valence-electron chi connectivity index (χ4n) is 2.42. The highest BCUT2D eigenvalue weighted by molar-refractivity contribution is 6.30. The summed E-state index contributed by atoms with van der Waals surface area (Å²) in [4.78, 5) is 24.1. The summed E-state index contributed by atoms with van der Waals surface area (Å²) in [6.07, 6.45) is 1.02. The Hall–Kier alpha value is -2.73. The summed E-state index contributed by atoms with van der Waals surface area (Å²) in [5.74, 6) is 0.745. The largest absolute Gasteiger partial charge is 0.497 e. The Balaban J connectivity index is 1.72. The summed E-state index contributed by atoms with van der Waals surface area (Å²) in [5.41, 5.74) is 1.48. The second kappa shape index (κ2) is 10.4. The summed E-state index contributed by atoms with van der Waals surface area (Å²) < 4.78 is 10.3. The highest BCUT2D eigenvalue weighted by Gasteiger charge is 2.09. The molecular formula is C20H23ClN2O4. The number of methoxy groups -OCH3 is 2. The van der Waals surface area contributed by atoms with Crippen LogP contribution in [-0.2, 0) is 11.2 Å². The first-order chi connectivity index (χ1) is 13.0. The molecule has 0 spiro atoms. The highest BCUT2D eigenvalue weighted by Crippen LogP contribution is 2.22. The van der Waals surface area contributed by atoms with E-state index in [9.17, 15) is 9.59 Å². The van der Waals surface area contributed by atoms with Crippen LogP contribution in [0.3, 0.4) is 0 Å². The lowest BCUT2D eigenvalue weighted by Crippen LogP contribution is -2.34. The van der Waals surface area contributed by atoms with Crippen LogP contribution in [0.1, 0.15) is 22.3 Å². The van der Waals surface area contributed by atoms with E-state index >= 15 is 0 Å². The van der Waals surface area contributed by atoms with Gasteiger partial charge in [0.2, 0.25) is 5.91 Å². The van der Waals surface area contributed by atoms with Crippen LogP contribution in [0.25, 0.3) is 0 Å². The summed E-state index contributed by atoms with van der Waals surface area (Å²) in [6.45, 7) is 0.678. The number of hydrogen-bond donors (Lipinski definition) is 2. The zero-order valence-electron chi connectivity index (χ0n) is 15.4. The number of hydrogen-bond acceptors (Lipinski definition) is 4. The molecule has 2 amide bonds. The van der Waals surface area contributed by atoms with E-state index in [1.165, 1.54) is 14.2 Å². The minimum Gasteiger partial charge on any atom is -0.497 e. The van der Waals surface area contributed by atoms with Gasteiger partial charge in [-0.2, -0.15) is 0 Å². The zero-order chi connectivity index (χ0) is 19.6. The predicted molar refractivity (Wildman–Crippen MR) is 105 cm³/mol. The molecule has 2 N–H and O–H groups in total. The standard InChI is InChI=1S/C20H23ClN2O4/c1-26-17-11-15(12-18(13-17)27-2)20(25)23-10-9-22-19(24)8-5-14-3-6-16(21)7-4-14/h3-4,6-7,11-13H,5,8-10H2,1-2H3,(H,22,24)(H,23,25). The summed E-state index contributed by atoms with van der Waals surface area (Å²) in [6, 6.07) is 12.4. The van der Waals surface area contributed by atoms with E-state index in [4.69, 9.17) is 21.1 Å². The monoisotopic (exact) mass is 390 g/mol. The number of carbonyl (C=O) groups excluding carboxylic acids is 2. The predicted octanol–water partition coefficient (Wildman–Crippen LogP) is 2.84. The molecule has 2 aromatic carbocycles. The topological polar surface area (TPSA) is 76.7 Å². The van der Waals surface area contributed by atoms with E-state index < -0.39 is 0 Å². The zero-order valence-corrected chi connectivity index (χ0v) is 16.1. The first-order valence-corrected chi connectivity index (χ1v) is 8.92. The van der Waals surface area contributed by atoms with Crippen molar-refractivity contribution in [3.05, 3.63) is 58.6 Å². The molecule has 0 radical (unpaired) electrons. The smallest absolute Gasteiger partial charge is 0.251 e. The van der Waals surface area contributed by atoms with Gasteiger partial charge in [0, 0.05) is 36.2 Å². The van der Waals surface area contributed by atoms with E-state index in [0.29, 0.717) is 48.0 Å². The van der Waals surface area contributed by atoms with Crippen molar-refractivity contribution in [2.75, 3.05) is 27.3 Å². The Kier molecular flexibility index (Phi) is 7.95. The molecule has 7 heteroatoms. The number of amides is 2. The molecule has 27 heavy (non-hydrogen) atoms. The maximum absolute atomic E-state index is 12.2. The van der Waals surface area contributed by atoms with Crippen LogP contribution in [0.5, 0.6) is 11.5 Å². The Morgan fingerprint density at radius 3 is 2.11 bits per heavy atom. The Bertz CT molecular complexity index is 756. The Morgan fingerprint density at radius 2 is 1.52 bits per heavy atom. The van der Waals surface area contributed by atoms with Gasteiger partial charge in [-0.05, 0) is 36.2 Å². The van der Waals surface area contributed by atoms with Gasteiger partial charge in [0.1, 0.15) is 11.5 Å². The maximum atomic E-state index is 12.2. The fourth-order valence-corrected chi connectivity index (χ4v) is 2.54. The number of carbonyl (C=O) groups is 2. The quantitative estimate of drug-likeness (QED) is 0.645. The molecule has 0 aliphatic heterocycles. The Morgan fingerprint density at radius 1 is 0.926 bits per heavy atom. The van der Waals surface area contributed by atoms with Crippen LogP contribution in [0.2, 0.25) is 5.02 Å². The molecule has 0 aliphatic carbocycles. The van der Waals surface area contributed by atoms with Gasteiger partial charge in [-0.15, -0.1) is 0 Å². The van der Waals surface area contributed by atoms with Crippen molar-refractivity contribution in [1.82, 2.24) is 10.6 Å². The van der Waals surface area contributed by atoms with Crippen molar-refractivity contribution in [2.45, 2.75) is 12.8 Å². The van der Waals surface area contributed by atoms with Crippen LogP contribution < -0.4 is 20.1 Å². The van der Waals surface area contributed by atoms with Gasteiger partial charge in [0.15, 0.2) is 0 Å². The van der Waals surface area contributed by atoms with Crippen molar-refractivity contribution < 1.29 is 19.1 Å². The van der Waals surface area contributed by atoms with Crippen molar-refractivity contribution in [3.8, 4) is 11.5 Å². The fraction of sp³-hybridized carbons (Fsp3) is 0.300. The number of benzene rings is 2. The average Bonchev–Trinajstić information content (AvgIpc) is 2.70. The molecule has 0 fully saturated rings. The summed E-state index contributed by atoms with van der Waals surface area (Å²) in [5, 5.41) is 6.22. The van der Waals surface area contributed by atoms with E-state index in [0.717, 1.165) is 5.56 Å². The minimum atomic E-state index is -0.261. The van der Waals surface area contributed by atoms with Gasteiger partial charge in [0.25, 0.3) is 5.91 Å². The molecule has 2 rings (SSSR count). The number of nitrogens with one attached hydrogen (secondary N) is 2. The van der Waals surface area contributed by atoms with E-state index in [1.807, 2.05) is 12.1 Å². The third-order valence-corrected chi connectivity index (χ3v) is 4.15. The molecule has 0 aromatic heterocycles. The van der Waals surface area contributed by atoms with Crippen LogP contribution in [0.4, 0.5) is 0 Å². The van der Waals surface area contributed by atoms with Crippen molar-refractivity contribution in [1.29, 1.82) is 0 Å². The lowest BCUT2D eigenvalue weighted by molar-refractivity contribution is -0.121. The van der Waals surface area contributed by atoms with Crippen LogP contribution >= 0.6 is 11.6 Å². The third kappa shape index (κ3) is 6.83. The van der Waals surface area contributed by atoms with E-state index in [2.05, 4.69) is 10.6 Å². The minimum absolute atomic E-state index is 0.0674. The Labute approximate surface area is 163 Å². The maximum Gasteiger partial charge on any atom is 0.251 e. The number of rotatable bonds is 9. The van der Waals surface area contributed by atoms with Crippen molar-refractivity contribution >= 4 is 23.4 Å².